The molecule has 0 aliphatic rings. The first-order valence-corrected chi connectivity index (χ1v) is 11.1. The van der Waals surface area contributed by atoms with Crippen molar-refractivity contribution in [2.24, 2.45) is 0 Å². The first kappa shape index (κ1) is 22.6. The minimum Gasteiger partial charge on any atom is -0.326 e. The van der Waals surface area contributed by atoms with Gasteiger partial charge in [0.15, 0.2) is 0 Å². The van der Waals surface area contributed by atoms with Gasteiger partial charge in [0.1, 0.15) is 4.90 Å². The summed E-state index contributed by atoms with van der Waals surface area (Å²) >= 11 is 11.9. The topological polar surface area (TPSA) is 104 Å². The lowest BCUT2D eigenvalue weighted by Gasteiger charge is -2.12. The molecular weight excluding hydrogens is 461 g/mol. The first-order valence-electron chi connectivity index (χ1n) is 8.91. The molecule has 0 saturated carbocycles. The van der Waals surface area contributed by atoms with Crippen molar-refractivity contribution in [1.29, 1.82) is 0 Å². The maximum absolute atomic E-state index is 12.8. The molecule has 0 spiro atoms. The number of hydrogen-bond acceptors (Lipinski definition) is 4. The van der Waals surface area contributed by atoms with Gasteiger partial charge in [0.2, 0.25) is 5.91 Å². The van der Waals surface area contributed by atoms with E-state index in [1.165, 1.54) is 37.3 Å². The number of sulfonamides is 1. The number of carbonyl (C=O) groups is 2. The van der Waals surface area contributed by atoms with Gasteiger partial charge in [0.25, 0.3) is 15.9 Å². The molecule has 2 amide bonds. The highest BCUT2D eigenvalue weighted by Crippen LogP contribution is 2.26. The van der Waals surface area contributed by atoms with Gasteiger partial charge in [0, 0.05) is 34.6 Å². The van der Waals surface area contributed by atoms with E-state index in [0.29, 0.717) is 22.1 Å². The number of rotatable bonds is 6. The van der Waals surface area contributed by atoms with Crippen LogP contribution in [0.1, 0.15) is 17.3 Å². The van der Waals surface area contributed by atoms with Gasteiger partial charge in [-0.15, -0.1) is 0 Å². The van der Waals surface area contributed by atoms with Crippen molar-refractivity contribution in [3.05, 3.63) is 82.3 Å². The predicted octanol–water partition coefficient (Wildman–Crippen LogP) is 5.00. The number of carbonyl (C=O) groups excluding carboxylic acids is 2. The summed E-state index contributed by atoms with van der Waals surface area (Å²) in [6, 6.07) is 16.5. The van der Waals surface area contributed by atoms with E-state index in [2.05, 4.69) is 15.4 Å². The van der Waals surface area contributed by atoms with Gasteiger partial charge < -0.3 is 10.6 Å². The molecule has 0 aliphatic carbocycles. The molecule has 0 atom stereocenters. The summed E-state index contributed by atoms with van der Waals surface area (Å²) in [6.45, 7) is 1.39. The maximum Gasteiger partial charge on any atom is 0.263 e. The van der Waals surface area contributed by atoms with Crippen LogP contribution in [0.3, 0.4) is 0 Å². The average molecular weight is 478 g/mol. The second kappa shape index (κ2) is 9.38. The summed E-state index contributed by atoms with van der Waals surface area (Å²) in [5.41, 5.74) is 1.46. The molecule has 3 rings (SSSR count). The largest absolute Gasteiger partial charge is 0.326 e. The quantitative estimate of drug-likeness (QED) is 0.464. The number of amides is 2. The Kier molecular flexibility index (Phi) is 6.84. The van der Waals surface area contributed by atoms with Crippen LogP contribution >= 0.6 is 23.2 Å². The van der Waals surface area contributed by atoms with Gasteiger partial charge >= 0.3 is 0 Å². The fraction of sp³-hybridized carbons (Fsp3) is 0.0476. The predicted molar refractivity (Wildman–Crippen MR) is 122 cm³/mol. The Balaban J connectivity index is 1.80. The van der Waals surface area contributed by atoms with Gasteiger partial charge in [-0.1, -0.05) is 23.2 Å². The number of halogens is 2. The molecule has 0 radical (unpaired) electrons. The Morgan fingerprint density at radius 2 is 1.32 bits per heavy atom. The second-order valence-corrected chi connectivity index (χ2v) is 8.96. The van der Waals surface area contributed by atoms with Crippen LogP contribution in [0.25, 0.3) is 0 Å². The Hall–Kier alpha value is -3.07. The fourth-order valence-corrected chi connectivity index (χ4v) is 4.33. The third-order valence-corrected chi connectivity index (χ3v) is 6.16. The van der Waals surface area contributed by atoms with Gasteiger partial charge in [-0.05, 0) is 66.7 Å². The molecular formula is C21H17Cl2N3O4S. The highest BCUT2D eigenvalue weighted by Gasteiger charge is 2.20. The van der Waals surface area contributed by atoms with Crippen LogP contribution in [-0.2, 0) is 14.8 Å². The Morgan fingerprint density at radius 3 is 1.90 bits per heavy atom. The molecule has 0 aromatic heterocycles. The Labute approximate surface area is 189 Å². The Morgan fingerprint density at radius 1 is 0.774 bits per heavy atom. The van der Waals surface area contributed by atoms with E-state index in [-0.39, 0.29) is 21.4 Å². The van der Waals surface area contributed by atoms with E-state index in [1.807, 2.05) is 0 Å². The molecule has 0 bridgehead atoms. The molecule has 0 aliphatic heterocycles. The summed E-state index contributed by atoms with van der Waals surface area (Å²) in [5, 5.41) is 5.72. The number of benzene rings is 3. The lowest BCUT2D eigenvalue weighted by molar-refractivity contribution is -0.114. The molecule has 3 aromatic carbocycles. The van der Waals surface area contributed by atoms with Crippen molar-refractivity contribution in [2.45, 2.75) is 11.8 Å². The van der Waals surface area contributed by atoms with Gasteiger partial charge in [-0.25, -0.2) is 8.42 Å². The third-order valence-electron chi connectivity index (χ3n) is 4.04. The zero-order valence-corrected chi connectivity index (χ0v) is 18.5. The minimum absolute atomic E-state index is 0.0299. The lowest BCUT2D eigenvalue weighted by Crippen LogP contribution is -2.16. The van der Waals surface area contributed by atoms with Crippen molar-refractivity contribution < 1.29 is 18.0 Å². The summed E-state index contributed by atoms with van der Waals surface area (Å²) in [5.74, 6) is -0.731. The van der Waals surface area contributed by atoms with Crippen LogP contribution in [0.15, 0.2) is 71.6 Å². The highest BCUT2D eigenvalue weighted by atomic mass is 35.5. The standard InChI is InChI=1S/C21H17Cl2N3O4S/c1-13(27)24-16-7-9-17(10-8-16)25-21(28)14-2-11-19(23)20(12-14)31(29,30)26-18-5-3-15(22)4-6-18/h2-12,26H,1H3,(H,24,27)(H,25,28). The highest BCUT2D eigenvalue weighted by molar-refractivity contribution is 7.92. The van der Waals surface area contributed by atoms with Crippen LogP contribution in [0.2, 0.25) is 10.0 Å². The number of hydrogen-bond donors (Lipinski definition) is 3. The molecule has 31 heavy (non-hydrogen) atoms. The zero-order valence-electron chi connectivity index (χ0n) is 16.1. The first-order chi connectivity index (χ1) is 14.6. The van der Waals surface area contributed by atoms with E-state index in [0.717, 1.165) is 0 Å². The van der Waals surface area contributed by atoms with Crippen molar-refractivity contribution in [2.75, 3.05) is 15.4 Å². The molecule has 0 heterocycles. The summed E-state index contributed by atoms with van der Waals surface area (Å²) in [6.07, 6.45) is 0. The van der Waals surface area contributed by atoms with Crippen molar-refractivity contribution in [3.63, 3.8) is 0 Å². The second-order valence-electron chi connectivity index (χ2n) is 6.47. The van der Waals surface area contributed by atoms with E-state index in [1.54, 1.807) is 36.4 Å². The van der Waals surface area contributed by atoms with Crippen LogP contribution in [-0.4, -0.2) is 20.2 Å². The molecule has 3 aromatic rings. The van der Waals surface area contributed by atoms with Crippen LogP contribution in [0.5, 0.6) is 0 Å². The van der Waals surface area contributed by atoms with Crippen LogP contribution in [0.4, 0.5) is 17.1 Å². The number of anilines is 3. The monoisotopic (exact) mass is 477 g/mol. The molecule has 10 heteroatoms. The average Bonchev–Trinajstić information content (AvgIpc) is 2.71. The third kappa shape index (κ3) is 5.97. The van der Waals surface area contributed by atoms with Gasteiger partial charge in [0.05, 0.1) is 5.02 Å². The normalized spacial score (nSPS) is 10.9. The molecule has 160 valence electrons. The SMILES string of the molecule is CC(=O)Nc1ccc(NC(=O)c2ccc(Cl)c(S(=O)(=O)Nc3ccc(Cl)cc3)c2)cc1. The van der Waals surface area contributed by atoms with Crippen molar-refractivity contribution >= 4 is 62.1 Å². The van der Waals surface area contributed by atoms with Gasteiger partial charge in [-0.2, -0.15) is 0 Å². The van der Waals surface area contributed by atoms with E-state index in [9.17, 15) is 18.0 Å². The van der Waals surface area contributed by atoms with Crippen molar-refractivity contribution in [3.8, 4) is 0 Å². The van der Waals surface area contributed by atoms with Crippen LogP contribution in [0, 0.1) is 0 Å². The minimum atomic E-state index is -4.05. The smallest absolute Gasteiger partial charge is 0.263 e. The Bertz CT molecular complexity index is 1230. The van der Waals surface area contributed by atoms with Gasteiger partial charge in [-0.3, -0.25) is 14.3 Å². The summed E-state index contributed by atoms with van der Waals surface area (Å²) in [7, 11) is -4.05. The molecule has 0 fully saturated rings. The lowest BCUT2D eigenvalue weighted by atomic mass is 10.2. The molecule has 0 saturated heterocycles. The van der Waals surface area contributed by atoms with Crippen molar-refractivity contribution in [1.82, 2.24) is 0 Å². The van der Waals surface area contributed by atoms with E-state index in [4.69, 9.17) is 23.2 Å². The van der Waals surface area contributed by atoms with E-state index < -0.39 is 15.9 Å². The molecule has 3 N–H and O–H groups in total. The summed E-state index contributed by atoms with van der Waals surface area (Å²) in [4.78, 5) is 23.5. The van der Waals surface area contributed by atoms with E-state index >= 15 is 0 Å². The zero-order chi connectivity index (χ0) is 22.6. The maximum atomic E-state index is 12.8. The molecule has 0 unspecified atom stereocenters. The fourth-order valence-electron chi connectivity index (χ4n) is 2.62. The van der Waals surface area contributed by atoms with Crippen LogP contribution < -0.4 is 15.4 Å². The number of nitrogens with one attached hydrogen (secondary N) is 3. The summed E-state index contributed by atoms with van der Waals surface area (Å²) < 4.78 is 27.9. The molecule has 7 nitrogen and oxygen atoms in total.